The third-order valence-electron chi connectivity index (χ3n) is 2.04. The molecule has 0 radical (unpaired) electrons. The normalized spacial score (nSPS) is 12.0. The van der Waals surface area contributed by atoms with Gasteiger partial charge >= 0.3 is 6.18 Å². The van der Waals surface area contributed by atoms with Crippen LogP contribution in [0.4, 0.5) is 13.2 Å². The third-order valence-corrected chi connectivity index (χ3v) is 2.38. The Hall–Kier alpha value is -0.820. The fourth-order valence-electron chi connectivity index (χ4n) is 1.31. The molecule has 1 rings (SSSR count). The van der Waals surface area contributed by atoms with Crippen LogP contribution in [0.3, 0.4) is 0 Å². The van der Waals surface area contributed by atoms with Crippen molar-refractivity contribution in [3.63, 3.8) is 0 Å². The highest BCUT2D eigenvalue weighted by Crippen LogP contribution is 2.14. The molecule has 7 heteroatoms. The van der Waals surface area contributed by atoms with Crippen LogP contribution in [-0.2, 0) is 17.7 Å². The van der Waals surface area contributed by atoms with Crippen molar-refractivity contribution in [2.75, 3.05) is 13.2 Å². The summed E-state index contributed by atoms with van der Waals surface area (Å²) in [5.74, 6) is 0. The molecule has 16 heavy (non-hydrogen) atoms. The van der Waals surface area contributed by atoms with E-state index in [1.54, 1.807) is 10.8 Å². The van der Waals surface area contributed by atoms with Crippen molar-refractivity contribution >= 4 is 12.2 Å². The monoisotopic (exact) mass is 254 g/mol. The molecule has 0 bridgehead atoms. The number of imidazole rings is 1. The Morgan fingerprint density at radius 1 is 1.50 bits per heavy atom. The summed E-state index contributed by atoms with van der Waals surface area (Å²) < 4.78 is 42.1. The fraction of sp³-hybridized carbons (Fsp3) is 0.667. The van der Waals surface area contributed by atoms with E-state index < -0.39 is 12.8 Å². The Morgan fingerprint density at radius 2 is 2.19 bits per heavy atom. The predicted molar refractivity (Wildman–Crippen MR) is 55.9 cm³/mol. The van der Waals surface area contributed by atoms with Gasteiger partial charge in [-0.3, -0.25) is 0 Å². The van der Waals surface area contributed by atoms with Crippen molar-refractivity contribution in [3.05, 3.63) is 16.7 Å². The fourth-order valence-corrected chi connectivity index (χ4v) is 1.58. The third kappa shape index (κ3) is 3.97. The molecule has 1 aromatic heterocycles. The van der Waals surface area contributed by atoms with Crippen LogP contribution in [0.15, 0.2) is 6.20 Å². The second-order valence-corrected chi connectivity index (χ2v) is 3.64. The maximum atomic E-state index is 11.8. The van der Waals surface area contributed by atoms with Crippen LogP contribution in [0.5, 0.6) is 0 Å². The zero-order chi connectivity index (χ0) is 12.2. The number of aromatic amines is 1. The van der Waals surface area contributed by atoms with E-state index in [4.69, 9.17) is 12.2 Å². The van der Waals surface area contributed by atoms with Gasteiger partial charge in [-0.1, -0.05) is 6.92 Å². The van der Waals surface area contributed by atoms with E-state index >= 15 is 0 Å². The minimum absolute atomic E-state index is 0.00132. The number of alkyl halides is 3. The summed E-state index contributed by atoms with van der Waals surface area (Å²) in [6.45, 7) is 1.07. The van der Waals surface area contributed by atoms with Crippen LogP contribution < -0.4 is 0 Å². The Bertz CT molecular complexity index is 383. The van der Waals surface area contributed by atoms with Crippen molar-refractivity contribution < 1.29 is 17.9 Å². The summed E-state index contributed by atoms with van der Waals surface area (Å²) in [6, 6.07) is 0. The molecule has 0 saturated heterocycles. The van der Waals surface area contributed by atoms with Gasteiger partial charge in [0.25, 0.3) is 0 Å². The molecular formula is C9H13F3N2OS. The van der Waals surface area contributed by atoms with E-state index in [2.05, 4.69) is 9.72 Å². The van der Waals surface area contributed by atoms with Crippen LogP contribution >= 0.6 is 12.2 Å². The van der Waals surface area contributed by atoms with E-state index in [0.717, 1.165) is 12.1 Å². The predicted octanol–water partition coefficient (Wildman–Crippen LogP) is 2.69. The summed E-state index contributed by atoms with van der Waals surface area (Å²) in [5.41, 5.74) is 0.959. The smallest absolute Gasteiger partial charge is 0.370 e. The Morgan fingerprint density at radius 3 is 2.75 bits per heavy atom. The van der Waals surface area contributed by atoms with Gasteiger partial charge < -0.3 is 14.3 Å². The largest absolute Gasteiger partial charge is 0.411 e. The zero-order valence-electron chi connectivity index (χ0n) is 8.80. The SMILES string of the molecule is CCc1c[nH]c(=S)n1CCOCC(F)(F)F. The van der Waals surface area contributed by atoms with Crippen molar-refractivity contribution in [2.24, 2.45) is 0 Å². The maximum absolute atomic E-state index is 11.8. The van der Waals surface area contributed by atoms with Crippen LogP contribution in [0.25, 0.3) is 0 Å². The molecule has 0 aliphatic heterocycles. The lowest BCUT2D eigenvalue weighted by atomic mass is 10.3. The number of ether oxygens (including phenoxy) is 1. The molecule has 0 unspecified atom stereocenters. The molecule has 0 aliphatic carbocycles. The van der Waals surface area contributed by atoms with Gasteiger partial charge in [-0.2, -0.15) is 13.2 Å². The lowest BCUT2D eigenvalue weighted by molar-refractivity contribution is -0.174. The number of rotatable bonds is 5. The van der Waals surface area contributed by atoms with Gasteiger partial charge in [0, 0.05) is 18.4 Å². The number of hydrogen-bond donors (Lipinski definition) is 1. The highest BCUT2D eigenvalue weighted by Gasteiger charge is 2.27. The molecule has 0 amide bonds. The number of aryl methyl sites for hydroxylation is 1. The summed E-state index contributed by atoms with van der Waals surface area (Å²) in [6.07, 6.45) is -1.74. The molecule has 0 saturated carbocycles. The maximum Gasteiger partial charge on any atom is 0.411 e. The molecule has 1 heterocycles. The second kappa shape index (κ2) is 5.49. The van der Waals surface area contributed by atoms with Crippen molar-refractivity contribution in [1.29, 1.82) is 0 Å². The standard InChI is InChI=1S/C9H13F3N2OS/c1-2-7-5-13-8(16)14(7)3-4-15-6-9(10,11)12/h5H,2-4,6H2,1H3,(H,13,16). The molecule has 3 nitrogen and oxygen atoms in total. The molecule has 0 aliphatic rings. The van der Waals surface area contributed by atoms with Crippen molar-refractivity contribution in [2.45, 2.75) is 26.1 Å². The average molecular weight is 254 g/mol. The quantitative estimate of drug-likeness (QED) is 0.646. The van der Waals surface area contributed by atoms with Crippen molar-refractivity contribution in [1.82, 2.24) is 9.55 Å². The first kappa shape index (κ1) is 13.2. The van der Waals surface area contributed by atoms with Crippen LogP contribution in [0.1, 0.15) is 12.6 Å². The second-order valence-electron chi connectivity index (χ2n) is 3.26. The topological polar surface area (TPSA) is 29.9 Å². The molecule has 1 aromatic rings. The van der Waals surface area contributed by atoms with Crippen LogP contribution in [-0.4, -0.2) is 28.9 Å². The molecule has 1 N–H and O–H groups in total. The Labute approximate surface area is 96.2 Å². The van der Waals surface area contributed by atoms with Crippen molar-refractivity contribution in [3.8, 4) is 0 Å². The minimum Gasteiger partial charge on any atom is -0.370 e. The molecular weight excluding hydrogens is 241 g/mol. The first-order valence-electron chi connectivity index (χ1n) is 4.85. The zero-order valence-corrected chi connectivity index (χ0v) is 9.62. The van der Waals surface area contributed by atoms with E-state index in [1.165, 1.54) is 0 Å². The first-order chi connectivity index (χ1) is 7.44. The highest BCUT2D eigenvalue weighted by molar-refractivity contribution is 7.71. The number of nitrogens with one attached hydrogen (secondary N) is 1. The van der Waals surface area contributed by atoms with Gasteiger partial charge in [0.05, 0.1) is 6.61 Å². The number of hydrogen-bond acceptors (Lipinski definition) is 2. The summed E-state index contributed by atoms with van der Waals surface area (Å²) in [4.78, 5) is 2.85. The van der Waals surface area contributed by atoms with E-state index in [0.29, 0.717) is 11.3 Å². The first-order valence-corrected chi connectivity index (χ1v) is 5.26. The Kier molecular flexibility index (Phi) is 4.55. The summed E-state index contributed by atoms with van der Waals surface area (Å²) in [7, 11) is 0. The lowest BCUT2D eigenvalue weighted by Gasteiger charge is -2.09. The minimum atomic E-state index is -4.27. The van der Waals surface area contributed by atoms with Crippen LogP contribution in [0, 0.1) is 4.77 Å². The summed E-state index contributed by atoms with van der Waals surface area (Å²) in [5, 5.41) is 0. The summed E-state index contributed by atoms with van der Waals surface area (Å²) >= 11 is 4.99. The van der Waals surface area contributed by atoms with Gasteiger partial charge in [0.2, 0.25) is 0 Å². The van der Waals surface area contributed by atoms with Gasteiger partial charge in [0.15, 0.2) is 4.77 Å². The number of aromatic nitrogens is 2. The van der Waals surface area contributed by atoms with Crippen LogP contribution in [0.2, 0.25) is 0 Å². The van der Waals surface area contributed by atoms with E-state index in [9.17, 15) is 13.2 Å². The highest BCUT2D eigenvalue weighted by atomic mass is 32.1. The number of nitrogens with zero attached hydrogens (tertiary/aromatic N) is 1. The average Bonchev–Trinajstić information content (AvgIpc) is 2.53. The Balaban J connectivity index is 2.43. The van der Waals surface area contributed by atoms with Gasteiger partial charge in [0.1, 0.15) is 6.61 Å². The molecule has 0 atom stereocenters. The van der Waals surface area contributed by atoms with Gasteiger partial charge in [-0.25, -0.2) is 0 Å². The number of halogens is 3. The van der Waals surface area contributed by atoms with E-state index in [-0.39, 0.29) is 6.61 Å². The van der Waals surface area contributed by atoms with Gasteiger partial charge in [-0.05, 0) is 18.6 Å². The molecule has 0 spiro atoms. The van der Waals surface area contributed by atoms with E-state index in [1.807, 2.05) is 6.92 Å². The molecule has 0 fully saturated rings. The molecule has 0 aromatic carbocycles. The number of H-pyrrole nitrogens is 1. The lowest BCUT2D eigenvalue weighted by Crippen LogP contribution is -2.19. The molecule has 92 valence electrons. The van der Waals surface area contributed by atoms with Gasteiger partial charge in [-0.15, -0.1) is 0 Å².